The Morgan fingerprint density at radius 2 is 0.921 bits per heavy atom. The highest BCUT2D eigenvalue weighted by Gasteiger charge is 2.57. The average Bonchev–Trinajstić information content (AvgIpc) is 3.50. The van der Waals surface area contributed by atoms with Gasteiger partial charge < -0.3 is 0 Å². The summed E-state index contributed by atoms with van der Waals surface area (Å²) >= 11 is 0. The summed E-state index contributed by atoms with van der Waals surface area (Å²) < 4.78 is 24.7. The molecule has 0 bridgehead atoms. The van der Waals surface area contributed by atoms with Gasteiger partial charge >= 0.3 is 0 Å². The zero-order valence-corrected chi connectivity index (χ0v) is 28.0. The topological polar surface area (TPSA) is 0 Å². The number of hydrogen-bond donors (Lipinski definition) is 0. The number of rotatable bonds is 4. The SMILES string of the molecule is C.CC(C)(C)CC1CC1.CC(C)(C)CC1CC1(C)C.CC(C)(C)CC1CC1(F)F.CC1CC1CC(C)(C)C. The van der Waals surface area contributed by atoms with Crippen LogP contribution in [0.25, 0.3) is 0 Å². The molecule has 4 atom stereocenters. The van der Waals surface area contributed by atoms with Crippen LogP contribution in [0.5, 0.6) is 0 Å². The molecule has 0 aromatic rings. The van der Waals surface area contributed by atoms with Gasteiger partial charge in [0.25, 0.3) is 5.92 Å². The number of hydrogen-bond acceptors (Lipinski definition) is 0. The van der Waals surface area contributed by atoms with Crippen molar-refractivity contribution in [2.45, 2.75) is 175 Å². The largest absolute Gasteiger partial charge is 0.251 e. The van der Waals surface area contributed by atoms with E-state index in [1.807, 2.05) is 20.8 Å². The van der Waals surface area contributed by atoms with Crippen LogP contribution in [0.1, 0.15) is 169 Å². The molecule has 0 radical (unpaired) electrons. The lowest BCUT2D eigenvalue weighted by molar-refractivity contribution is 0.0884. The lowest BCUT2D eigenvalue weighted by atomic mass is 9.87. The van der Waals surface area contributed by atoms with Crippen LogP contribution in [-0.4, -0.2) is 5.92 Å². The van der Waals surface area contributed by atoms with Gasteiger partial charge in [0.2, 0.25) is 0 Å². The Labute approximate surface area is 240 Å². The maximum absolute atomic E-state index is 12.3. The van der Waals surface area contributed by atoms with E-state index in [4.69, 9.17) is 0 Å². The Morgan fingerprint density at radius 3 is 1.03 bits per heavy atom. The number of halogens is 2. The Balaban J connectivity index is 0.000000478. The van der Waals surface area contributed by atoms with Gasteiger partial charge in [0.15, 0.2) is 0 Å². The van der Waals surface area contributed by atoms with E-state index in [1.54, 1.807) is 0 Å². The second kappa shape index (κ2) is 13.2. The van der Waals surface area contributed by atoms with Crippen molar-refractivity contribution >= 4 is 0 Å². The standard InChI is InChI=1S/C10H20.C9H18.C8H14F2.C8H16.CH4/c1-9(2,3)6-8-7-10(8,4)5;1-7-5-8(7)6-9(2,3)4;1-7(2,3)4-6-5-8(6,9)10;1-8(2,3)6-7-4-5-7;/h8H,6-7H2,1-5H3;7-8H,5-6H2,1-4H3;6H,4-5H2,1-3H3;7H,4-6H2,1-3H3;1H4. The molecule has 0 heterocycles. The van der Waals surface area contributed by atoms with Crippen LogP contribution >= 0.6 is 0 Å². The molecular weight excluding hydrogens is 470 g/mol. The molecular formula is C36H72F2. The van der Waals surface area contributed by atoms with Gasteiger partial charge in [-0.25, -0.2) is 8.78 Å². The third kappa shape index (κ3) is 19.8. The summed E-state index contributed by atoms with van der Waals surface area (Å²) in [6, 6.07) is 0. The molecule has 4 unspecified atom stereocenters. The smallest absolute Gasteiger partial charge is 0.207 e. The first-order chi connectivity index (χ1) is 16.2. The normalized spacial score (nSPS) is 28.7. The Bertz CT molecular complexity index is 636. The van der Waals surface area contributed by atoms with Crippen LogP contribution in [0, 0.1) is 56.7 Å². The molecule has 0 aromatic carbocycles. The van der Waals surface area contributed by atoms with E-state index in [9.17, 15) is 8.78 Å². The van der Waals surface area contributed by atoms with Crippen LogP contribution in [0.2, 0.25) is 0 Å². The number of alkyl halides is 2. The van der Waals surface area contributed by atoms with Crippen molar-refractivity contribution in [2.24, 2.45) is 56.7 Å². The van der Waals surface area contributed by atoms with Crippen molar-refractivity contribution in [1.82, 2.24) is 0 Å². The minimum absolute atomic E-state index is 0. The molecule has 4 fully saturated rings. The first-order valence-corrected chi connectivity index (χ1v) is 15.6. The quantitative estimate of drug-likeness (QED) is 0.331. The van der Waals surface area contributed by atoms with Gasteiger partial charge in [-0.05, 0) is 89.3 Å². The third-order valence-electron chi connectivity index (χ3n) is 8.14. The van der Waals surface area contributed by atoms with Crippen LogP contribution < -0.4 is 0 Å². The van der Waals surface area contributed by atoms with E-state index in [1.165, 1.54) is 44.9 Å². The van der Waals surface area contributed by atoms with Crippen molar-refractivity contribution in [3.8, 4) is 0 Å². The molecule has 0 amide bonds. The van der Waals surface area contributed by atoms with E-state index in [0.717, 1.165) is 23.7 Å². The van der Waals surface area contributed by atoms with Gasteiger partial charge in [0.1, 0.15) is 0 Å². The first kappa shape index (κ1) is 37.9. The Kier molecular flexibility index (Phi) is 13.2. The third-order valence-corrected chi connectivity index (χ3v) is 8.14. The zero-order valence-electron chi connectivity index (χ0n) is 28.0. The molecule has 4 aliphatic rings. The fraction of sp³-hybridized carbons (Fsp3) is 1.00. The lowest BCUT2D eigenvalue weighted by Gasteiger charge is -2.18. The van der Waals surface area contributed by atoms with Crippen LogP contribution in [0.3, 0.4) is 0 Å². The zero-order chi connectivity index (χ0) is 29.3. The summed E-state index contributed by atoms with van der Waals surface area (Å²) in [5.74, 6) is 1.54. The maximum Gasteiger partial charge on any atom is 0.251 e. The van der Waals surface area contributed by atoms with Crippen molar-refractivity contribution in [1.29, 1.82) is 0 Å². The molecule has 38 heavy (non-hydrogen) atoms. The summed E-state index contributed by atoms with van der Waals surface area (Å²) in [6.07, 6.45) is 11.0. The van der Waals surface area contributed by atoms with E-state index in [-0.39, 0.29) is 25.2 Å². The van der Waals surface area contributed by atoms with Crippen molar-refractivity contribution < 1.29 is 8.78 Å². The molecule has 0 nitrogen and oxygen atoms in total. The highest BCUT2D eigenvalue weighted by molar-refractivity contribution is 4.97. The molecule has 0 spiro atoms. The van der Waals surface area contributed by atoms with Crippen LogP contribution in [0.4, 0.5) is 8.78 Å². The minimum Gasteiger partial charge on any atom is -0.207 e. The summed E-state index contributed by atoms with van der Waals surface area (Å²) in [5.41, 5.74) is 2.42. The highest BCUT2D eigenvalue weighted by atomic mass is 19.3. The summed E-state index contributed by atoms with van der Waals surface area (Å²) in [6.45, 7) is 34.1. The van der Waals surface area contributed by atoms with Crippen LogP contribution in [0.15, 0.2) is 0 Å². The molecule has 4 saturated carbocycles. The summed E-state index contributed by atoms with van der Waals surface area (Å²) in [5, 5.41) is 0. The van der Waals surface area contributed by atoms with Gasteiger partial charge in [-0.3, -0.25) is 0 Å². The summed E-state index contributed by atoms with van der Waals surface area (Å²) in [7, 11) is 0. The average molecular weight is 543 g/mol. The van der Waals surface area contributed by atoms with Gasteiger partial charge in [0, 0.05) is 12.3 Å². The molecule has 4 rings (SSSR count). The van der Waals surface area contributed by atoms with Crippen molar-refractivity contribution in [3.63, 3.8) is 0 Å². The van der Waals surface area contributed by atoms with E-state index in [0.29, 0.717) is 28.1 Å². The molecule has 0 saturated heterocycles. The fourth-order valence-corrected chi connectivity index (χ4v) is 5.55. The Morgan fingerprint density at radius 1 is 0.605 bits per heavy atom. The second-order valence-corrected chi connectivity index (χ2v) is 19.0. The summed E-state index contributed by atoms with van der Waals surface area (Å²) in [4.78, 5) is 0. The lowest BCUT2D eigenvalue weighted by Crippen LogP contribution is -2.08. The maximum atomic E-state index is 12.3. The molecule has 0 N–H and O–H groups in total. The minimum atomic E-state index is -2.33. The van der Waals surface area contributed by atoms with Gasteiger partial charge in [0.05, 0.1) is 0 Å². The van der Waals surface area contributed by atoms with Crippen molar-refractivity contribution in [2.75, 3.05) is 0 Å². The van der Waals surface area contributed by atoms with E-state index in [2.05, 4.69) is 83.1 Å². The predicted octanol–water partition coefficient (Wildman–Crippen LogP) is 13.1. The second-order valence-electron chi connectivity index (χ2n) is 19.0. The predicted molar refractivity (Wildman–Crippen MR) is 168 cm³/mol. The fourth-order valence-electron chi connectivity index (χ4n) is 5.55. The molecule has 0 aliphatic heterocycles. The van der Waals surface area contributed by atoms with Crippen LogP contribution in [-0.2, 0) is 0 Å². The molecule has 230 valence electrons. The molecule has 0 aromatic heterocycles. The molecule has 4 aliphatic carbocycles. The van der Waals surface area contributed by atoms with Gasteiger partial charge in [-0.15, -0.1) is 0 Å². The van der Waals surface area contributed by atoms with E-state index < -0.39 is 5.92 Å². The van der Waals surface area contributed by atoms with Gasteiger partial charge in [-0.1, -0.05) is 124 Å². The first-order valence-electron chi connectivity index (χ1n) is 15.6. The van der Waals surface area contributed by atoms with Gasteiger partial charge in [-0.2, -0.15) is 0 Å². The van der Waals surface area contributed by atoms with Crippen molar-refractivity contribution in [3.05, 3.63) is 0 Å². The monoisotopic (exact) mass is 543 g/mol. The molecule has 2 heteroatoms. The highest BCUT2D eigenvalue weighted by Crippen LogP contribution is 2.56. The Hall–Kier alpha value is -0.140. The van der Waals surface area contributed by atoms with E-state index >= 15 is 0 Å².